The number of aromatic amines is 1. The Balaban J connectivity index is 1.95. The molecule has 0 aliphatic carbocycles. The van der Waals surface area contributed by atoms with Gasteiger partial charge in [0.1, 0.15) is 5.69 Å². The Kier molecular flexibility index (Phi) is 4.57. The molecule has 6 nitrogen and oxygen atoms in total. The van der Waals surface area contributed by atoms with E-state index < -0.39 is 10.0 Å². The highest BCUT2D eigenvalue weighted by atomic mass is 79.9. The minimum Gasteiger partial charge on any atom is -0.354 e. The van der Waals surface area contributed by atoms with Gasteiger partial charge in [-0.05, 0) is 55.0 Å². The van der Waals surface area contributed by atoms with Crippen LogP contribution in [0.2, 0.25) is 0 Å². The van der Waals surface area contributed by atoms with Gasteiger partial charge in [-0.2, -0.15) is 0 Å². The number of halogens is 1. The average molecular weight is 422 g/mol. The fourth-order valence-corrected chi connectivity index (χ4v) is 4.46. The highest BCUT2D eigenvalue weighted by Gasteiger charge is 2.16. The number of anilines is 1. The predicted molar refractivity (Wildman–Crippen MR) is 101 cm³/mol. The van der Waals surface area contributed by atoms with Crippen LogP contribution in [0.5, 0.6) is 0 Å². The van der Waals surface area contributed by atoms with E-state index in [1.165, 1.54) is 0 Å². The van der Waals surface area contributed by atoms with Crippen LogP contribution in [0.4, 0.5) is 5.69 Å². The van der Waals surface area contributed by atoms with Gasteiger partial charge in [-0.15, -0.1) is 0 Å². The summed E-state index contributed by atoms with van der Waals surface area (Å²) in [5.41, 5.74) is 2.43. The lowest BCUT2D eigenvalue weighted by molar-refractivity contribution is 0.0959. The number of hydrogen-bond acceptors (Lipinski definition) is 3. The van der Waals surface area contributed by atoms with Gasteiger partial charge in [0.2, 0.25) is 0 Å². The van der Waals surface area contributed by atoms with Crippen LogP contribution in [0.15, 0.2) is 51.8 Å². The van der Waals surface area contributed by atoms with Crippen LogP contribution in [0, 0.1) is 6.92 Å². The number of carbonyl (C=O) groups excluding carboxylic acids is 1. The van der Waals surface area contributed by atoms with E-state index in [9.17, 15) is 13.2 Å². The third kappa shape index (κ3) is 3.69. The van der Waals surface area contributed by atoms with Gasteiger partial charge in [0.15, 0.2) is 0 Å². The first-order valence-corrected chi connectivity index (χ1v) is 9.71. The fourth-order valence-electron chi connectivity index (χ4n) is 2.53. The Morgan fingerprint density at radius 2 is 1.88 bits per heavy atom. The molecule has 0 bridgehead atoms. The highest BCUT2D eigenvalue weighted by Crippen LogP contribution is 2.24. The first-order valence-electron chi connectivity index (χ1n) is 7.43. The van der Waals surface area contributed by atoms with Gasteiger partial charge in [0.25, 0.3) is 15.9 Å². The molecule has 0 aliphatic heterocycles. The summed E-state index contributed by atoms with van der Waals surface area (Å²) in [5.74, 6) is -0.233. The van der Waals surface area contributed by atoms with E-state index >= 15 is 0 Å². The van der Waals surface area contributed by atoms with E-state index in [1.54, 1.807) is 43.4 Å². The van der Waals surface area contributed by atoms with Crippen molar-refractivity contribution in [3.05, 3.63) is 58.2 Å². The van der Waals surface area contributed by atoms with Gasteiger partial charge in [-0.1, -0.05) is 15.9 Å². The lowest BCUT2D eigenvalue weighted by Crippen LogP contribution is -2.17. The number of hydrogen-bond donors (Lipinski definition) is 3. The molecule has 0 saturated heterocycles. The molecule has 130 valence electrons. The number of aromatic nitrogens is 1. The van der Waals surface area contributed by atoms with E-state index in [0.717, 1.165) is 16.5 Å². The van der Waals surface area contributed by atoms with Crippen molar-refractivity contribution in [1.82, 2.24) is 10.3 Å². The standard InChI is InChI=1S/C17H16BrN3O3S/c1-10-5-12(18)9-14(6-10)25(23,24)21-13-3-4-15-11(7-13)8-16(20-15)17(22)19-2/h3-9,20-21H,1-2H3,(H,19,22). The molecule has 1 heterocycles. The Labute approximate surface area is 153 Å². The van der Waals surface area contributed by atoms with Crippen molar-refractivity contribution in [1.29, 1.82) is 0 Å². The van der Waals surface area contributed by atoms with Crippen LogP contribution < -0.4 is 10.0 Å². The molecule has 1 aromatic heterocycles. The molecule has 0 fully saturated rings. The SMILES string of the molecule is CNC(=O)c1cc2cc(NS(=O)(=O)c3cc(C)cc(Br)c3)ccc2[nH]1. The molecule has 0 spiro atoms. The van der Waals surface area contributed by atoms with Gasteiger partial charge >= 0.3 is 0 Å². The zero-order valence-electron chi connectivity index (χ0n) is 13.6. The molecule has 25 heavy (non-hydrogen) atoms. The lowest BCUT2D eigenvalue weighted by atomic mass is 10.2. The second kappa shape index (κ2) is 6.53. The Morgan fingerprint density at radius 1 is 1.12 bits per heavy atom. The van der Waals surface area contributed by atoms with Gasteiger partial charge in [-0.3, -0.25) is 9.52 Å². The number of H-pyrrole nitrogens is 1. The molecule has 0 atom stereocenters. The van der Waals surface area contributed by atoms with Crippen LogP contribution in [0.25, 0.3) is 10.9 Å². The summed E-state index contributed by atoms with van der Waals surface area (Å²) < 4.78 is 28.5. The van der Waals surface area contributed by atoms with Crippen molar-refractivity contribution >= 4 is 48.5 Å². The fraction of sp³-hybridized carbons (Fsp3) is 0.118. The molecule has 3 N–H and O–H groups in total. The monoisotopic (exact) mass is 421 g/mol. The number of aryl methyl sites for hydroxylation is 1. The first kappa shape index (κ1) is 17.5. The van der Waals surface area contributed by atoms with Gasteiger partial charge in [0.05, 0.1) is 4.90 Å². The summed E-state index contributed by atoms with van der Waals surface area (Å²) in [6, 6.07) is 11.7. The number of benzene rings is 2. The van der Waals surface area contributed by atoms with Crippen molar-refractivity contribution in [2.24, 2.45) is 0 Å². The Bertz CT molecular complexity index is 1050. The number of sulfonamides is 1. The Morgan fingerprint density at radius 3 is 2.56 bits per heavy atom. The highest BCUT2D eigenvalue weighted by molar-refractivity contribution is 9.10. The molecular formula is C17H16BrN3O3S. The minimum absolute atomic E-state index is 0.180. The average Bonchev–Trinajstić information content (AvgIpc) is 2.96. The summed E-state index contributed by atoms with van der Waals surface area (Å²) >= 11 is 3.31. The van der Waals surface area contributed by atoms with Crippen LogP contribution in [0.1, 0.15) is 16.1 Å². The second-order valence-electron chi connectivity index (χ2n) is 5.63. The van der Waals surface area contributed by atoms with E-state index in [-0.39, 0.29) is 10.8 Å². The molecule has 3 rings (SSSR count). The predicted octanol–water partition coefficient (Wildman–Crippen LogP) is 3.40. The maximum atomic E-state index is 12.6. The summed E-state index contributed by atoms with van der Waals surface area (Å²) in [5, 5.41) is 3.28. The van der Waals surface area contributed by atoms with Gasteiger partial charge < -0.3 is 10.3 Å². The van der Waals surface area contributed by atoms with Crippen LogP contribution in [0.3, 0.4) is 0 Å². The normalized spacial score (nSPS) is 11.5. The molecule has 0 unspecified atom stereocenters. The molecule has 8 heteroatoms. The third-order valence-electron chi connectivity index (χ3n) is 3.67. The Hall–Kier alpha value is -2.32. The van der Waals surface area contributed by atoms with Crippen LogP contribution in [-0.2, 0) is 10.0 Å². The maximum Gasteiger partial charge on any atom is 0.267 e. The van der Waals surface area contributed by atoms with Crippen molar-refractivity contribution in [2.75, 3.05) is 11.8 Å². The van der Waals surface area contributed by atoms with Gasteiger partial charge in [-0.25, -0.2) is 8.42 Å². The third-order valence-corrected chi connectivity index (χ3v) is 5.49. The quantitative estimate of drug-likeness (QED) is 0.602. The van der Waals surface area contributed by atoms with Crippen LogP contribution in [-0.4, -0.2) is 26.4 Å². The number of amides is 1. The molecule has 3 aromatic rings. The largest absolute Gasteiger partial charge is 0.354 e. The maximum absolute atomic E-state index is 12.6. The summed E-state index contributed by atoms with van der Waals surface area (Å²) in [6.45, 7) is 1.83. The summed E-state index contributed by atoms with van der Waals surface area (Å²) in [7, 11) is -2.16. The van der Waals surface area contributed by atoms with E-state index in [2.05, 4.69) is 31.0 Å². The number of carbonyl (C=O) groups is 1. The second-order valence-corrected chi connectivity index (χ2v) is 8.23. The molecule has 0 radical (unpaired) electrons. The summed E-state index contributed by atoms with van der Waals surface area (Å²) in [6.07, 6.45) is 0. The number of fused-ring (bicyclic) bond motifs is 1. The first-order chi connectivity index (χ1) is 11.8. The molecule has 0 aliphatic rings. The zero-order valence-corrected chi connectivity index (χ0v) is 16.0. The zero-order chi connectivity index (χ0) is 18.2. The number of nitrogens with one attached hydrogen (secondary N) is 3. The molecular weight excluding hydrogens is 406 g/mol. The van der Waals surface area contributed by atoms with E-state index in [1.807, 2.05) is 13.0 Å². The number of rotatable bonds is 4. The van der Waals surface area contributed by atoms with E-state index in [0.29, 0.717) is 15.9 Å². The van der Waals surface area contributed by atoms with Crippen molar-refractivity contribution in [3.63, 3.8) is 0 Å². The summed E-state index contributed by atoms with van der Waals surface area (Å²) in [4.78, 5) is 14.9. The van der Waals surface area contributed by atoms with Crippen molar-refractivity contribution in [3.8, 4) is 0 Å². The smallest absolute Gasteiger partial charge is 0.267 e. The van der Waals surface area contributed by atoms with E-state index in [4.69, 9.17) is 0 Å². The molecule has 1 amide bonds. The van der Waals surface area contributed by atoms with Crippen molar-refractivity contribution in [2.45, 2.75) is 11.8 Å². The minimum atomic E-state index is -3.71. The molecule has 2 aromatic carbocycles. The topological polar surface area (TPSA) is 91.1 Å². The van der Waals surface area contributed by atoms with Crippen molar-refractivity contribution < 1.29 is 13.2 Å². The lowest BCUT2D eigenvalue weighted by Gasteiger charge is -2.09. The van der Waals surface area contributed by atoms with Gasteiger partial charge in [0, 0.05) is 28.1 Å². The van der Waals surface area contributed by atoms with Crippen LogP contribution >= 0.6 is 15.9 Å². The molecule has 0 saturated carbocycles.